The molecule has 1 aromatic rings. The van der Waals surface area contributed by atoms with Crippen LogP contribution in [0.1, 0.15) is 49.4 Å². The van der Waals surface area contributed by atoms with Crippen molar-refractivity contribution < 1.29 is 13.2 Å². The number of likely N-dealkylation sites (tertiary alicyclic amines) is 1. The topological polar surface area (TPSA) is 54.5 Å². The molecule has 0 N–H and O–H groups in total. The first kappa shape index (κ1) is 16.3. The third-order valence-electron chi connectivity index (χ3n) is 3.99. The monoisotopic (exact) mass is 329 g/mol. The van der Waals surface area contributed by atoms with Crippen molar-refractivity contribution in [2.75, 3.05) is 6.54 Å². The first-order valence-corrected chi connectivity index (χ1v) is 9.60. The Morgan fingerprint density at radius 2 is 2.00 bits per heavy atom. The third kappa shape index (κ3) is 3.77. The van der Waals surface area contributed by atoms with E-state index in [0.29, 0.717) is 6.54 Å². The van der Waals surface area contributed by atoms with E-state index in [4.69, 9.17) is 10.7 Å². The summed E-state index contributed by atoms with van der Waals surface area (Å²) in [5, 5.41) is 0. The summed E-state index contributed by atoms with van der Waals surface area (Å²) in [6.07, 6.45) is 5.02. The maximum Gasteiger partial charge on any atom is 0.262 e. The zero-order chi connectivity index (χ0) is 15.5. The van der Waals surface area contributed by atoms with Crippen LogP contribution in [0.5, 0.6) is 0 Å². The van der Waals surface area contributed by atoms with E-state index in [1.54, 1.807) is 12.1 Å². The van der Waals surface area contributed by atoms with Crippen molar-refractivity contribution in [2.45, 2.75) is 50.0 Å². The fraction of sp³-hybridized carbons (Fsp3) is 0.533. The maximum absolute atomic E-state index is 12.8. The van der Waals surface area contributed by atoms with Gasteiger partial charge in [0.1, 0.15) is 0 Å². The Balaban J connectivity index is 2.39. The standard InChI is InChI=1S/C15H20ClNO3S/c1-2-12-8-4-3-7-11-17(12)15(18)13-9-5-6-10-14(13)21(16,19)20/h5-6,9-10,12H,2-4,7-8,11H2,1H3. The second kappa shape index (κ2) is 6.79. The molecule has 1 heterocycles. The molecule has 0 saturated carbocycles. The number of hydrogen-bond donors (Lipinski definition) is 0. The first-order valence-electron chi connectivity index (χ1n) is 7.29. The number of hydrogen-bond acceptors (Lipinski definition) is 3. The molecule has 0 aliphatic carbocycles. The van der Waals surface area contributed by atoms with Crippen LogP contribution in [0.2, 0.25) is 0 Å². The fourth-order valence-electron chi connectivity index (χ4n) is 2.88. The molecule has 2 rings (SSSR count). The number of halogens is 1. The van der Waals surface area contributed by atoms with E-state index in [9.17, 15) is 13.2 Å². The van der Waals surface area contributed by atoms with Gasteiger partial charge in [-0.15, -0.1) is 0 Å². The van der Waals surface area contributed by atoms with E-state index < -0.39 is 9.05 Å². The summed E-state index contributed by atoms with van der Waals surface area (Å²) < 4.78 is 23.3. The number of nitrogens with zero attached hydrogens (tertiary/aromatic N) is 1. The largest absolute Gasteiger partial charge is 0.336 e. The minimum Gasteiger partial charge on any atom is -0.336 e. The fourth-order valence-corrected chi connectivity index (χ4v) is 3.94. The van der Waals surface area contributed by atoms with Gasteiger partial charge < -0.3 is 4.90 Å². The second-order valence-corrected chi connectivity index (χ2v) is 7.88. The highest BCUT2D eigenvalue weighted by atomic mass is 35.7. The number of carbonyl (C=O) groups excluding carboxylic acids is 1. The van der Waals surface area contributed by atoms with Crippen LogP contribution in [0.4, 0.5) is 0 Å². The van der Waals surface area contributed by atoms with Crippen LogP contribution in [-0.4, -0.2) is 31.8 Å². The van der Waals surface area contributed by atoms with Crippen LogP contribution in [0.25, 0.3) is 0 Å². The molecule has 21 heavy (non-hydrogen) atoms. The quantitative estimate of drug-likeness (QED) is 0.798. The van der Waals surface area contributed by atoms with Gasteiger partial charge in [0, 0.05) is 23.3 Å². The van der Waals surface area contributed by atoms with Gasteiger partial charge in [-0.25, -0.2) is 8.42 Å². The average Bonchev–Trinajstić information content (AvgIpc) is 2.70. The Morgan fingerprint density at radius 3 is 2.67 bits per heavy atom. The van der Waals surface area contributed by atoms with Gasteiger partial charge in [0.25, 0.3) is 15.0 Å². The smallest absolute Gasteiger partial charge is 0.262 e. The predicted molar refractivity (Wildman–Crippen MR) is 83.1 cm³/mol. The molecule has 1 aromatic carbocycles. The van der Waals surface area contributed by atoms with Gasteiger partial charge in [0.05, 0.1) is 10.5 Å². The van der Waals surface area contributed by atoms with Crippen LogP contribution in [0.3, 0.4) is 0 Å². The Labute approximate surface area is 130 Å². The summed E-state index contributed by atoms with van der Waals surface area (Å²) in [5.74, 6) is -0.233. The summed E-state index contributed by atoms with van der Waals surface area (Å²) in [6, 6.07) is 6.33. The zero-order valence-electron chi connectivity index (χ0n) is 12.1. The molecule has 1 fully saturated rings. The van der Waals surface area contributed by atoms with Crippen molar-refractivity contribution in [3.8, 4) is 0 Å². The third-order valence-corrected chi connectivity index (χ3v) is 5.37. The lowest BCUT2D eigenvalue weighted by Crippen LogP contribution is -2.40. The zero-order valence-corrected chi connectivity index (χ0v) is 13.7. The lowest BCUT2D eigenvalue weighted by Gasteiger charge is -2.29. The van der Waals surface area contributed by atoms with Gasteiger partial charge in [0.15, 0.2) is 0 Å². The summed E-state index contributed by atoms with van der Waals surface area (Å²) in [6.45, 7) is 2.73. The molecule has 6 heteroatoms. The van der Waals surface area contributed by atoms with Gasteiger partial charge in [0.2, 0.25) is 0 Å². The number of carbonyl (C=O) groups is 1. The maximum atomic E-state index is 12.8. The Bertz CT molecular complexity index is 615. The predicted octanol–water partition coefficient (Wildman–Crippen LogP) is 3.41. The highest BCUT2D eigenvalue weighted by Gasteiger charge is 2.28. The van der Waals surface area contributed by atoms with Gasteiger partial charge in [-0.2, -0.15) is 0 Å². The molecule has 0 radical (unpaired) electrons. The average molecular weight is 330 g/mol. The molecule has 1 amide bonds. The Hall–Kier alpha value is -1.07. The van der Waals surface area contributed by atoms with Gasteiger partial charge in [-0.05, 0) is 31.4 Å². The normalized spacial score (nSPS) is 20.1. The van der Waals surface area contributed by atoms with Crippen LogP contribution in [0, 0.1) is 0 Å². The summed E-state index contributed by atoms with van der Waals surface area (Å²) in [5.41, 5.74) is 0.174. The van der Waals surface area contributed by atoms with Crippen molar-refractivity contribution >= 4 is 25.6 Å². The lowest BCUT2D eigenvalue weighted by molar-refractivity contribution is 0.0674. The number of amides is 1. The molecule has 1 aliphatic rings. The van der Waals surface area contributed by atoms with Crippen LogP contribution < -0.4 is 0 Å². The highest BCUT2D eigenvalue weighted by molar-refractivity contribution is 8.13. The van der Waals surface area contributed by atoms with E-state index in [-0.39, 0.29) is 22.4 Å². The minimum absolute atomic E-state index is 0.101. The van der Waals surface area contributed by atoms with Crippen molar-refractivity contribution in [3.05, 3.63) is 29.8 Å². The van der Waals surface area contributed by atoms with E-state index in [2.05, 4.69) is 6.92 Å². The van der Waals surface area contributed by atoms with E-state index in [0.717, 1.165) is 32.1 Å². The van der Waals surface area contributed by atoms with Crippen molar-refractivity contribution in [2.24, 2.45) is 0 Å². The van der Waals surface area contributed by atoms with Crippen molar-refractivity contribution in [3.63, 3.8) is 0 Å². The molecular weight excluding hydrogens is 310 g/mol. The molecule has 0 spiro atoms. The molecule has 0 bridgehead atoms. The van der Waals surface area contributed by atoms with Gasteiger partial charge in [-0.3, -0.25) is 4.79 Å². The first-order chi connectivity index (χ1) is 9.95. The van der Waals surface area contributed by atoms with Gasteiger partial charge in [-0.1, -0.05) is 31.9 Å². The van der Waals surface area contributed by atoms with Crippen LogP contribution in [-0.2, 0) is 9.05 Å². The molecule has 116 valence electrons. The van der Waals surface area contributed by atoms with E-state index in [1.165, 1.54) is 12.1 Å². The lowest BCUT2D eigenvalue weighted by atomic mass is 10.1. The van der Waals surface area contributed by atoms with Crippen molar-refractivity contribution in [1.29, 1.82) is 0 Å². The molecule has 4 nitrogen and oxygen atoms in total. The van der Waals surface area contributed by atoms with E-state index >= 15 is 0 Å². The summed E-state index contributed by atoms with van der Waals surface area (Å²) in [7, 11) is 1.52. The molecule has 1 aliphatic heterocycles. The van der Waals surface area contributed by atoms with Gasteiger partial charge >= 0.3 is 0 Å². The minimum atomic E-state index is -3.93. The van der Waals surface area contributed by atoms with Crippen LogP contribution in [0.15, 0.2) is 29.2 Å². The van der Waals surface area contributed by atoms with E-state index in [1.807, 2.05) is 4.90 Å². The number of benzene rings is 1. The van der Waals surface area contributed by atoms with Crippen LogP contribution >= 0.6 is 10.7 Å². The number of rotatable bonds is 3. The molecular formula is C15H20ClNO3S. The summed E-state index contributed by atoms with van der Waals surface area (Å²) in [4.78, 5) is 14.5. The highest BCUT2D eigenvalue weighted by Crippen LogP contribution is 2.25. The molecule has 1 saturated heterocycles. The summed E-state index contributed by atoms with van der Waals surface area (Å²) >= 11 is 0. The SMILES string of the molecule is CCC1CCCCCN1C(=O)c1ccccc1S(=O)(=O)Cl. The molecule has 1 unspecified atom stereocenters. The Kier molecular flexibility index (Phi) is 5.27. The second-order valence-electron chi connectivity index (χ2n) is 5.34. The van der Waals surface area contributed by atoms with Crippen molar-refractivity contribution in [1.82, 2.24) is 4.90 Å². The molecule has 1 atom stereocenters. The molecule has 0 aromatic heterocycles. The Morgan fingerprint density at radius 1 is 1.29 bits per heavy atom.